The van der Waals surface area contributed by atoms with Crippen LogP contribution in [0.25, 0.3) is 0 Å². The first-order valence-corrected chi connectivity index (χ1v) is 9.95. The number of rotatable bonds is 3. The molecule has 2 N–H and O–H groups in total. The zero-order valence-electron chi connectivity index (χ0n) is 17.1. The number of esters is 1. The first-order chi connectivity index (χ1) is 15.2. The lowest BCUT2D eigenvalue weighted by atomic mass is 9.75. The van der Waals surface area contributed by atoms with E-state index in [1.807, 2.05) is 0 Å². The van der Waals surface area contributed by atoms with Crippen molar-refractivity contribution >= 4 is 17.4 Å². The van der Waals surface area contributed by atoms with E-state index in [0.717, 1.165) is 12.1 Å². The molecule has 1 atom stereocenters. The van der Waals surface area contributed by atoms with E-state index in [-0.39, 0.29) is 29.3 Å². The van der Waals surface area contributed by atoms with Crippen molar-refractivity contribution < 1.29 is 27.5 Å². The number of aromatic nitrogens is 1. The molecule has 1 aromatic heterocycles. The molecule has 0 amide bonds. The Bertz CT molecular complexity index is 1140. The molecule has 2 aliphatic rings. The smallest absolute Gasteiger partial charge is 0.416 e. The zero-order chi connectivity index (χ0) is 23.0. The van der Waals surface area contributed by atoms with Gasteiger partial charge in [0.1, 0.15) is 5.82 Å². The maximum atomic E-state index is 13.4. The van der Waals surface area contributed by atoms with Gasteiger partial charge in [-0.3, -0.25) is 14.7 Å². The molecule has 1 aromatic carbocycles. The normalized spacial score (nSPS) is 19.2. The number of hydrogen-bond donors (Lipinski definition) is 1. The Morgan fingerprint density at radius 3 is 2.66 bits per heavy atom. The maximum Gasteiger partial charge on any atom is 0.416 e. The summed E-state index contributed by atoms with van der Waals surface area (Å²) < 4.78 is 45.0. The van der Waals surface area contributed by atoms with E-state index in [4.69, 9.17) is 10.5 Å². The average Bonchev–Trinajstić information content (AvgIpc) is 2.78. The maximum absolute atomic E-state index is 13.4. The number of benzene rings is 1. The second-order valence-corrected chi connectivity index (χ2v) is 7.53. The summed E-state index contributed by atoms with van der Waals surface area (Å²) in [5, 5.41) is 0. The predicted molar refractivity (Wildman–Crippen MR) is 110 cm³/mol. The van der Waals surface area contributed by atoms with E-state index in [2.05, 4.69) is 4.98 Å². The molecule has 0 bridgehead atoms. The number of carbonyl (C=O) groups excluding carboxylic acids is 2. The number of methoxy groups -OCH3 is 1. The lowest BCUT2D eigenvalue weighted by Crippen LogP contribution is -2.41. The van der Waals surface area contributed by atoms with Crippen molar-refractivity contribution in [3.8, 4) is 0 Å². The Morgan fingerprint density at radius 1 is 1.22 bits per heavy atom. The number of carbonyl (C=O) groups is 2. The summed E-state index contributed by atoms with van der Waals surface area (Å²) in [4.78, 5) is 31.4. The Labute approximate surface area is 182 Å². The number of anilines is 1. The molecule has 32 heavy (non-hydrogen) atoms. The summed E-state index contributed by atoms with van der Waals surface area (Å²) >= 11 is 0. The number of allylic oxidation sites excluding steroid dienone is 2. The van der Waals surface area contributed by atoms with Crippen molar-refractivity contribution in [1.82, 2.24) is 4.98 Å². The molecule has 2 heterocycles. The number of hydrogen-bond acceptors (Lipinski definition) is 6. The number of halogens is 3. The van der Waals surface area contributed by atoms with Crippen LogP contribution in [0.5, 0.6) is 0 Å². The largest absolute Gasteiger partial charge is 0.466 e. The summed E-state index contributed by atoms with van der Waals surface area (Å²) in [6.45, 7) is 0. The van der Waals surface area contributed by atoms with E-state index in [9.17, 15) is 22.8 Å². The van der Waals surface area contributed by atoms with Crippen molar-refractivity contribution in [2.75, 3.05) is 12.0 Å². The van der Waals surface area contributed by atoms with Crippen LogP contribution in [-0.4, -0.2) is 23.8 Å². The summed E-state index contributed by atoms with van der Waals surface area (Å²) in [7, 11) is 1.18. The van der Waals surface area contributed by atoms with E-state index >= 15 is 0 Å². The third-order valence-corrected chi connectivity index (χ3v) is 5.65. The fourth-order valence-electron chi connectivity index (χ4n) is 4.29. The van der Waals surface area contributed by atoms with Crippen LogP contribution >= 0.6 is 0 Å². The van der Waals surface area contributed by atoms with Crippen LogP contribution in [0.1, 0.15) is 36.3 Å². The molecular formula is C23H20F3N3O3. The van der Waals surface area contributed by atoms with Gasteiger partial charge in [-0.2, -0.15) is 13.2 Å². The lowest BCUT2D eigenvalue weighted by Gasteiger charge is -2.40. The zero-order valence-corrected chi connectivity index (χ0v) is 17.1. The molecule has 166 valence electrons. The molecule has 0 fully saturated rings. The summed E-state index contributed by atoms with van der Waals surface area (Å²) in [5.74, 6) is -1.84. The fourth-order valence-corrected chi connectivity index (χ4v) is 4.29. The molecular weight excluding hydrogens is 423 g/mol. The molecule has 0 saturated heterocycles. The highest BCUT2D eigenvalue weighted by atomic mass is 19.4. The highest BCUT2D eigenvalue weighted by Crippen LogP contribution is 2.47. The van der Waals surface area contributed by atoms with Crippen LogP contribution in [0.2, 0.25) is 0 Å². The molecule has 6 nitrogen and oxygen atoms in total. The summed E-state index contributed by atoms with van der Waals surface area (Å²) in [6.07, 6.45) is -0.262. The molecule has 0 radical (unpaired) electrons. The predicted octanol–water partition coefficient (Wildman–Crippen LogP) is 4.05. The SMILES string of the molecule is COC(=O)C1=C(N)N(c2cccc(C(F)(F)F)c2)C2=C(C(=O)CCC2)[C@H]1c1cccnc1. The van der Waals surface area contributed by atoms with Gasteiger partial charge in [0.25, 0.3) is 0 Å². The van der Waals surface area contributed by atoms with Gasteiger partial charge in [0.05, 0.1) is 24.2 Å². The van der Waals surface area contributed by atoms with Crippen molar-refractivity contribution in [3.05, 3.63) is 82.6 Å². The average molecular weight is 443 g/mol. The van der Waals surface area contributed by atoms with Crippen LogP contribution in [0, 0.1) is 0 Å². The van der Waals surface area contributed by atoms with E-state index in [0.29, 0.717) is 29.7 Å². The van der Waals surface area contributed by atoms with Crippen molar-refractivity contribution in [1.29, 1.82) is 0 Å². The highest BCUT2D eigenvalue weighted by Gasteiger charge is 2.43. The van der Waals surface area contributed by atoms with Crippen molar-refractivity contribution in [2.24, 2.45) is 5.73 Å². The molecule has 1 aliphatic carbocycles. The van der Waals surface area contributed by atoms with Gasteiger partial charge in [-0.25, -0.2) is 4.79 Å². The van der Waals surface area contributed by atoms with E-state index < -0.39 is 23.6 Å². The quantitative estimate of drug-likeness (QED) is 0.721. The molecule has 0 saturated carbocycles. The van der Waals surface area contributed by atoms with Crippen LogP contribution in [-0.2, 0) is 20.5 Å². The fraction of sp³-hybridized carbons (Fsp3) is 0.261. The molecule has 2 aromatic rings. The monoisotopic (exact) mass is 443 g/mol. The number of pyridine rings is 1. The Morgan fingerprint density at radius 2 is 2.00 bits per heavy atom. The number of nitrogens with zero attached hydrogens (tertiary/aromatic N) is 2. The molecule has 0 spiro atoms. The summed E-state index contributed by atoms with van der Waals surface area (Å²) in [5.41, 5.74) is 7.06. The third-order valence-electron chi connectivity index (χ3n) is 5.65. The Balaban J connectivity index is 1.99. The van der Waals surface area contributed by atoms with Gasteiger partial charge in [-0.05, 0) is 42.7 Å². The molecule has 1 aliphatic heterocycles. The molecule has 0 unspecified atom stereocenters. The number of alkyl halides is 3. The third kappa shape index (κ3) is 3.63. The minimum Gasteiger partial charge on any atom is -0.466 e. The second-order valence-electron chi connectivity index (χ2n) is 7.53. The number of nitrogens with two attached hydrogens (primary N) is 1. The number of ether oxygens (including phenoxy) is 1. The van der Waals surface area contributed by atoms with Crippen LogP contribution in [0.15, 0.2) is 71.5 Å². The van der Waals surface area contributed by atoms with Crippen molar-refractivity contribution in [2.45, 2.75) is 31.4 Å². The Kier molecular flexibility index (Phi) is 5.50. The second kappa shape index (κ2) is 8.14. The van der Waals surface area contributed by atoms with Gasteiger partial charge in [0.15, 0.2) is 5.78 Å². The van der Waals surface area contributed by atoms with Gasteiger partial charge in [-0.15, -0.1) is 0 Å². The van der Waals surface area contributed by atoms with Crippen LogP contribution in [0.3, 0.4) is 0 Å². The lowest BCUT2D eigenvalue weighted by molar-refractivity contribution is -0.138. The van der Waals surface area contributed by atoms with Crippen LogP contribution in [0.4, 0.5) is 18.9 Å². The van der Waals surface area contributed by atoms with Crippen LogP contribution < -0.4 is 10.6 Å². The number of ketones is 1. The molecule has 9 heteroatoms. The van der Waals surface area contributed by atoms with Gasteiger partial charge < -0.3 is 10.5 Å². The number of Topliss-reactive ketones (excluding diaryl/α,β-unsaturated/α-hetero) is 1. The Hall–Kier alpha value is -3.62. The first kappa shape index (κ1) is 21.6. The van der Waals surface area contributed by atoms with Gasteiger partial charge in [0, 0.05) is 35.8 Å². The van der Waals surface area contributed by atoms with E-state index in [1.165, 1.54) is 30.3 Å². The minimum atomic E-state index is -4.56. The minimum absolute atomic E-state index is 0.00749. The van der Waals surface area contributed by atoms with Gasteiger partial charge in [-0.1, -0.05) is 12.1 Å². The topological polar surface area (TPSA) is 85.5 Å². The van der Waals surface area contributed by atoms with Gasteiger partial charge >= 0.3 is 12.1 Å². The highest BCUT2D eigenvalue weighted by molar-refractivity contribution is 6.05. The summed E-state index contributed by atoms with van der Waals surface area (Å²) in [6, 6.07) is 8.03. The van der Waals surface area contributed by atoms with Gasteiger partial charge in [0.2, 0.25) is 0 Å². The first-order valence-electron chi connectivity index (χ1n) is 9.95. The van der Waals surface area contributed by atoms with E-state index in [1.54, 1.807) is 18.3 Å². The van der Waals surface area contributed by atoms with Crippen molar-refractivity contribution in [3.63, 3.8) is 0 Å². The molecule has 4 rings (SSSR count). The standard InChI is InChI=1S/C23H20F3N3O3/c1-32-22(31)20-18(13-5-4-10-28-12-13)19-16(8-3-9-17(19)30)29(21(20)27)15-7-2-6-14(11-15)23(24,25)26/h2,4-7,10-12,18H,3,8-9,27H2,1H3/t18-/m1/s1.